The number of hydrogen-bond donors (Lipinski definition) is 2. The first-order valence-electron chi connectivity index (χ1n) is 6.03. The van der Waals surface area contributed by atoms with Gasteiger partial charge in [-0.05, 0) is 47.1 Å². The molecule has 1 rings (SSSR count). The molecule has 1 heterocycles. The molecular weight excluding hydrogens is 204 g/mol. The van der Waals surface area contributed by atoms with Crippen molar-refractivity contribution in [2.45, 2.75) is 58.2 Å². The fraction of sp³-hybridized carbons (Fsp3) is 0.917. The van der Waals surface area contributed by atoms with Crippen LogP contribution in [0.2, 0.25) is 0 Å². The van der Waals surface area contributed by atoms with Gasteiger partial charge in [0.2, 0.25) is 5.91 Å². The Morgan fingerprint density at radius 1 is 1.50 bits per heavy atom. The van der Waals surface area contributed by atoms with E-state index >= 15 is 0 Å². The summed E-state index contributed by atoms with van der Waals surface area (Å²) in [5.41, 5.74) is -0.251. The van der Waals surface area contributed by atoms with E-state index in [0.29, 0.717) is 12.1 Å². The van der Waals surface area contributed by atoms with Gasteiger partial charge in [-0.15, -0.1) is 0 Å². The molecule has 2 N–H and O–H groups in total. The van der Waals surface area contributed by atoms with Crippen molar-refractivity contribution in [3.05, 3.63) is 0 Å². The molecule has 0 aliphatic carbocycles. The highest BCUT2D eigenvalue weighted by Crippen LogP contribution is 2.09. The number of amides is 1. The first-order valence-corrected chi connectivity index (χ1v) is 6.03. The van der Waals surface area contributed by atoms with Gasteiger partial charge in [0.25, 0.3) is 0 Å². The third-order valence-corrected chi connectivity index (χ3v) is 2.63. The van der Waals surface area contributed by atoms with Crippen molar-refractivity contribution in [3.8, 4) is 0 Å². The molecule has 0 radical (unpaired) electrons. The monoisotopic (exact) mass is 228 g/mol. The smallest absolute Gasteiger partial charge is 0.246 e. The summed E-state index contributed by atoms with van der Waals surface area (Å²) in [5.74, 6) is -0.00553. The highest BCUT2D eigenvalue weighted by atomic mass is 16.5. The fourth-order valence-electron chi connectivity index (χ4n) is 1.81. The molecule has 1 aliphatic rings. The first kappa shape index (κ1) is 13.5. The van der Waals surface area contributed by atoms with E-state index in [0.717, 1.165) is 19.4 Å². The van der Waals surface area contributed by atoms with E-state index in [9.17, 15) is 4.79 Å². The Labute approximate surface area is 98.1 Å². The van der Waals surface area contributed by atoms with Gasteiger partial charge in [-0.25, -0.2) is 0 Å². The highest BCUT2D eigenvalue weighted by molar-refractivity contribution is 5.77. The summed E-state index contributed by atoms with van der Waals surface area (Å²) in [6.45, 7) is 9.13. The zero-order valence-electron chi connectivity index (χ0n) is 10.8. The Morgan fingerprint density at radius 3 is 2.75 bits per heavy atom. The molecule has 2 atom stereocenters. The molecule has 0 bridgehead atoms. The molecule has 2 unspecified atom stereocenters. The third kappa shape index (κ3) is 5.47. The lowest BCUT2D eigenvalue weighted by Crippen LogP contribution is -2.47. The van der Waals surface area contributed by atoms with Gasteiger partial charge in [-0.2, -0.15) is 0 Å². The average molecular weight is 228 g/mol. The fourth-order valence-corrected chi connectivity index (χ4v) is 1.81. The summed E-state index contributed by atoms with van der Waals surface area (Å²) in [7, 11) is 0. The summed E-state index contributed by atoms with van der Waals surface area (Å²) in [5, 5.41) is 6.38. The molecular formula is C12H24N2O2. The van der Waals surface area contributed by atoms with E-state index in [2.05, 4.69) is 17.6 Å². The van der Waals surface area contributed by atoms with Crippen LogP contribution in [0.25, 0.3) is 0 Å². The van der Waals surface area contributed by atoms with E-state index in [1.807, 2.05) is 20.8 Å². The van der Waals surface area contributed by atoms with Crippen LogP contribution in [0, 0.1) is 0 Å². The molecule has 1 aliphatic heterocycles. The number of carbonyl (C=O) groups excluding carboxylic acids is 1. The van der Waals surface area contributed by atoms with E-state index in [4.69, 9.17) is 4.74 Å². The quantitative estimate of drug-likeness (QED) is 0.759. The maximum Gasteiger partial charge on any atom is 0.246 e. The van der Waals surface area contributed by atoms with Crippen LogP contribution in [0.4, 0.5) is 0 Å². The number of carbonyl (C=O) groups is 1. The highest BCUT2D eigenvalue weighted by Gasteiger charge is 2.20. The zero-order chi connectivity index (χ0) is 12.2. The minimum absolute atomic E-state index is 0.00553. The SMILES string of the molecule is CC1CC(NC(=O)COC(C)(C)C)CCN1. The molecule has 0 spiro atoms. The zero-order valence-corrected chi connectivity index (χ0v) is 10.8. The standard InChI is InChI=1S/C12H24N2O2/c1-9-7-10(5-6-13-9)14-11(15)8-16-12(2,3)4/h9-10,13H,5-8H2,1-4H3,(H,14,15). The molecule has 1 amide bonds. The second-order valence-corrected chi connectivity index (χ2v) is 5.55. The number of piperidine rings is 1. The van der Waals surface area contributed by atoms with Crippen molar-refractivity contribution < 1.29 is 9.53 Å². The van der Waals surface area contributed by atoms with Gasteiger partial charge in [-0.3, -0.25) is 4.79 Å². The van der Waals surface area contributed by atoms with Crippen LogP contribution in [-0.4, -0.2) is 36.7 Å². The topological polar surface area (TPSA) is 50.4 Å². The minimum atomic E-state index is -0.251. The Morgan fingerprint density at radius 2 is 2.19 bits per heavy atom. The number of hydrogen-bond acceptors (Lipinski definition) is 3. The number of rotatable bonds is 3. The van der Waals surface area contributed by atoms with Crippen LogP contribution in [0.1, 0.15) is 40.5 Å². The summed E-state index contributed by atoms with van der Waals surface area (Å²) < 4.78 is 5.43. The van der Waals surface area contributed by atoms with Crippen molar-refractivity contribution in [3.63, 3.8) is 0 Å². The van der Waals surface area contributed by atoms with Gasteiger partial charge in [0.15, 0.2) is 0 Å². The number of nitrogens with one attached hydrogen (secondary N) is 2. The summed E-state index contributed by atoms with van der Waals surface area (Å²) in [6.07, 6.45) is 2.01. The Kier molecular flexibility index (Phi) is 4.74. The molecule has 1 fully saturated rings. The lowest BCUT2D eigenvalue weighted by atomic mass is 10.0. The van der Waals surface area contributed by atoms with E-state index in [1.54, 1.807) is 0 Å². The first-order chi connectivity index (χ1) is 7.37. The second-order valence-electron chi connectivity index (χ2n) is 5.55. The summed E-state index contributed by atoms with van der Waals surface area (Å²) >= 11 is 0. The van der Waals surface area contributed by atoms with Crippen molar-refractivity contribution in [2.24, 2.45) is 0 Å². The molecule has 0 aromatic carbocycles. The molecule has 16 heavy (non-hydrogen) atoms. The van der Waals surface area contributed by atoms with Gasteiger partial charge in [0, 0.05) is 12.1 Å². The Bertz CT molecular complexity index is 236. The molecule has 4 nitrogen and oxygen atoms in total. The van der Waals surface area contributed by atoms with Gasteiger partial charge in [-0.1, -0.05) is 0 Å². The van der Waals surface area contributed by atoms with Crippen LogP contribution in [-0.2, 0) is 9.53 Å². The normalized spacial score (nSPS) is 26.5. The molecule has 1 saturated heterocycles. The van der Waals surface area contributed by atoms with Crippen molar-refractivity contribution in [2.75, 3.05) is 13.2 Å². The predicted octanol–water partition coefficient (Wildman–Crippen LogP) is 1.06. The average Bonchev–Trinajstić information content (AvgIpc) is 2.14. The van der Waals surface area contributed by atoms with Crippen LogP contribution in [0.15, 0.2) is 0 Å². The molecule has 4 heteroatoms. The second kappa shape index (κ2) is 5.64. The Balaban J connectivity index is 2.23. The van der Waals surface area contributed by atoms with Crippen molar-refractivity contribution in [1.29, 1.82) is 0 Å². The molecule has 94 valence electrons. The van der Waals surface area contributed by atoms with Crippen LogP contribution >= 0.6 is 0 Å². The van der Waals surface area contributed by atoms with Gasteiger partial charge < -0.3 is 15.4 Å². The van der Waals surface area contributed by atoms with Crippen LogP contribution in [0.3, 0.4) is 0 Å². The van der Waals surface area contributed by atoms with E-state index in [-0.39, 0.29) is 18.1 Å². The lowest BCUT2D eigenvalue weighted by molar-refractivity contribution is -0.131. The Hall–Kier alpha value is -0.610. The lowest BCUT2D eigenvalue weighted by Gasteiger charge is -2.29. The third-order valence-electron chi connectivity index (χ3n) is 2.63. The van der Waals surface area contributed by atoms with E-state index in [1.165, 1.54) is 0 Å². The van der Waals surface area contributed by atoms with Gasteiger partial charge >= 0.3 is 0 Å². The predicted molar refractivity (Wildman–Crippen MR) is 64.3 cm³/mol. The molecule has 0 aromatic rings. The number of ether oxygens (including phenoxy) is 1. The van der Waals surface area contributed by atoms with Crippen molar-refractivity contribution in [1.82, 2.24) is 10.6 Å². The largest absolute Gasteiger partial charge is 0.366 e. The molecule has 0 saturated carbocycles. The van der Waals surface area contributed by atoms with Crippen LogP contribution in [0.5, 0.6) is 0 Å². The maximum absolute atomic E-state index is 11.6. The summed E-state index contributed by atoms with van der Waals surface area (Å²) in [6, 6.07) is 0.787. The minimum Gasteiger partial charge on any atom is -0.366 e. The summed E-state index contributed by atoms with van der Waals surface area (Å²) in [4.78, 5) is 11.6. The van der Waals surface area contributed by atoms with Crippen molar-refractivity contribution >= 4 is 5.91 Å². The van der Waals surface area contributed by atoms with E-state index < -0.39 is 0 Å². The maximum atomic E-state index is 11.6. The van der Waals surface area contributed by atoms with Crippen LogP contribution < -0.4 is 10.6 Å². The van der Waals surface area contributed by atoms with Gasteiger partial charge in [0.05, 0.1) is 5.60 Å². The van der Waals surface area contributed by atoms with Gasteiger partial charge in [0.1, 0.15) is 6.61 Å². The molecule has 0 aromatic heterocycles.